The molecule has 0 radical (unpaired) electrons. The van der Waals surface area contributed by atoms with Gasteiger partial charge in [0.2, 0.25) is 0 Å². The molecule has 1 unspecified atom stereocenters. The van der Waals surface area contributed by atoms with Gasteiger partial charge in [-0.2, -0.15) is 0 Å². The molecule has 1 heterocycles. The monoisotopic (exact) mass is 171 g/mol. The van der Waals surface area contributed by atoms with E-state index in [4.69, 9.17) is 6.42 Å². The SMILES string of the molecule is C#Cc1ccc2c(c1)N(C)CC2C. The standard InChI is InChI=1S/C12H13N/c1-4-10-5-6-11-9(2)8-13(3)12(11)7-10/h1,5-7,9H,8H2,2-3H3. The van der Waals surface area contributed by atoms with Gasteiger partial charge in [-0.15, -0.1) is 6.42 Å². The first-order chi connectivity index (χ1) is 6.22. The van der Waals surface area contributed by atoms with Crippen molar-refractivity contribution >= 4 is 5.69 Å². The molecular formula is C12H13N. The molecule has 1 heteroatoms. The van der Waals surface area contributed by atoms with Crippen LogP contribution in [0, 0.1) is 12.3 Å². The second-order valence-corrected chi connectivity index (χ2v) is 3.70. The number of terminal acetylenes is 1. The molecule has 0 saturated heterocycles. The maximum absolute atomic E-state index is 5.36. The van der Waals surface area contributed by atoms with Crippen molar-refractivity contribution in [2.24, 2.45) is 0 Å². The Hall–Kier alpha value is -1.42. The van der Waals surface area contributed by atoms with Gasteiger partial charge in [-0.1, -0.05) is 18.9 Å². The molecule has 13 heavy (non-hydrogen) atoms. The molecule has 0 bridgehead atoms. The minimum absolute atomic E-state index is 0.631. The highest BCUT2D eigenvalue weighted by Gasteiger charge is 2.22. The maximum Gasteiger partial charge on any atom is 0.0412 e. The lowest BCUT2D eigenvalue weighted by atomic mass is 10.0. The average Bonchev–Trinajstić information content (AvgIpc) is 2.42. The van der Waals surface area contributed by atoms with Gasteiger partial charge in [-0.3, -0.25) is 0 Å². The lowest BCUT2D eigenvalue weighted by Crippen LogP contribution is -2.13. The lowest BCUT2D eigenvalue weighted by molar-refractivity contribution is 0.796. The van der Waals surface area contributed by atoms with Crippen LogP contribution in [0.5, 0.6) is 0 Å². The van der Waals surface area contributed by atoms with Crippen LogP contribution in [-0.4, -0.2) is 13.6 Å². The van der Waals surface area contributed by atoms with Crippen molar-refractivity contribution in [1.29, 1.82) is 0 Å². The summed E-state index contributed by atoms with van der Waals surface area (Å²) in [5.74, 6) is 3.30. The van der Waals surface area contributed by atoms with Gasteiger partial charge in [0.25, 0.3) is 0 Å². The third-order valence-corrected chi connectivity index (χ3v) is 2.69. The fraction of sp³-hybridized carbons (Fsp3) is 0.333. The fourth-order valence-corrected chi connectivity index (χ4v) is 1.99. The first-order valence-corrected chi connectivity index (χ1v) is 4.54. The highest BCUT2D eigenvalue weighted by molar-refractivity contribution is 5.62. The van der Waals surface area contributed by atoms with E-state index in [9.17, 15) is 0 Å². The summed E-state index contributed by atoms with van der Waals surface area (Å²) in [4.78, 5) is 2.26. The van der Waals surface area contributed by atoms with Gasteiger partial charge in [-0.05, 0) is 17.7 Å². The summed E-state index contributed by atoms with van der Waals surface area (Å²) < 4.78 is 0. The van der Waals surface area contributed by atoms with E-state index in [0.717, 1.165) is 12.1 Å². The van der Waals surface area contributed by atoms with Gasteiger partial charge >= 0.3 is 0 Å². The number of rotatable bonds is 0. The molecule has 0 saturated carbocycles. The molecule has 1 aliphatic rings. The number of nitrogens with zero attached hydrogens (tertiary/aromatic N) is 1. The Morgan fingerprint density at radius 1 is 1.54 bits per heavy atom. The molecule has 66 valence electrons. The molecule has 1 aliphatic heterocycles. The first-order valence-electron chi connectivity index (χ1n) is 4.54. The number of benzene rings is 1. The van der Waals surface area contributed by atoms with Crippen LogP contribution in [0.25, 0.3) is 0 Å². The van der Waals surface area contributed by atoms with Crippen molar-refractivity contribution < 1.29 is 0 Å². The van der Waals surface area contributed by atoms with Gasteiger partial charge in [-0.25, -0.2) is 0 Å². The van der Waals surface area contributed by atoms with Crippen molar-refractivity contribution in [3.05, 3.63) is 29.3 Å². The Morgan fingerprint density at radius 2 is 2.31 bits per heavy atom. The number of anilines is 1. The van der Waals surface area contributed by atoms with Crippen molar-refractivity contribution in [1.82, 2.24) is 0 Å². The minimum atomic E-state index is 0.631. The molecule has 0 aromatic heterocycles. The second-order valence-electron chi connectivity index (χ2n) is 3.70. The zero-order valence-electron chi connectivity index (χ0n) is 8.04. The van der Waals surface area contributed by atoms with Crippen LogP contribution in [0.15, 0.2) is 18.2 Å². The van der Waals surface area contributed by atoms with Crippen molar-refractivity contribution in [2.45, 2.75) is 12.8 Å². The van der Waals surface area contributed by atoms with Crippen LogP contribution in [0.3, 0.4) is 0 Å². The molecule has 0 amide bonds. The number of hydrogen-bond acceptors (Lipinski definition) is 1. The van der Waals surface area contributed by atoms with Crippen LogP contribution in [0.1, 0.15) is 24.0 Å². The summed E-state index contributed by atoms with van der Waals surface area (Å²) in [5.41, 5.74) is 3.68. The van der Waals surface area contributed by atoms with Gasteiger partial charge in [0.15, 0.2) is 0 Å². The van der Waals surface area contributed by atoms with E-state index < -0.39 is 0 Å². The topological polar surface area (TPSA) is 3.24 Å². The zero-order chi connectivity index (χ0) is 9.42. The van der Waals surface area contributed by atoms with Gasteiger partial charge in [0, 0.05) is 30.8 Å². The highest BCUT2D eigenvalue weighted by Crippen LogP contribution is 2.35. The Labute approximate surface area is 79.4 Å². The van der Waals surface area contributed by atoms with E-state index in [-0.39, 0.29) is 0 Å². The molecule has 1 aromatic carbocycles. The maximum atomic E-state index is 5.36. The Morgan fingerprint density at radius 3 is 3.00 bits per heavy atom. The first kappa shape index (κ1) is 8.19. The van der Waals surface area contributed by atoms with E-state index >= 15 is 0 Å². The molecule has 0 spiro atoms. The van der Waals surface area contributed by atoms with Gasteiger partial charge < -0.3 is 4.90 Å². The van der Waals surface area contributed by atoms with Crippen LogP contribution in [-0.2, 0) is 0 Å². The highest BCUT2D eigenvalue weighted by atomic mass is 15.1. The summed E-state index contributed by atoms with van der Waals surface area (Å²) in [5, 5.41) is 0. The molecule has 2 rings (SSSR count). The molecule has 0 aliphatic carbocycles. The van der Waals surface area contributed by atoms with E-state index in [1.807, 2.05) is 6.07 Å². The smallest absolute Gasteiger partial charge is 0.0412 e. The summed E-state index contributed by atoms with van der Waals surface area (Å²) in [7, 11) is 2.11. The van der Waals surface area contributed by atoms with Crippen molar-refractivity contribution in [3.8, 4) is 12.3 Å². The Kier molecular flexibility index (Phi) is 1.77. The van der Waals surface area contributed by atoms with Crippen LogP contribution < -0.4 is 4.90 Å². The Bertz CT molecular complexity index is 373. The quantitative estimate of drug-likeness (QED) is 0.541. The predicted octanol–water partition coefficient (Wildman–Crippen LogP) is 2.22. The van der Waals surface area contributed by atoms with Crippen LogP contribution in [0.4, 0.5) is 5.69 Å². The van der Waals surface area contributed by atoms with Crippen LogP contribution in [0.2, 0.25) is 0 Å². The minimum Gasteiger partial charge on any atom is -0.374 e. The van der Waals surface area contributed by atoms with Crippen molar-refractivity contribution in [2.75, 3.05) is 18.5 Å². The summed E-state index contributed by atoms with van der Waals surface area (Å²) in [6.45, 7) is 3.35. The third kappa shape index (κ3) is 1.19. The predicted molar refractivity (Wildman–Crippen MR) is 56.1 cm³/mol. The molecule has 1 atom stereocenters. The molecule has 1 nitrogen and oxygen atoms in total. The normalized spacial score (nSPS) is 19.8. The van der Waals surface area contributed by atoms with E-state index in [1.165, 1.54) is 11.3 Å². The van der Waals surface area contributed by atoms with E-state index in [1.54, 1.807) is 0 Å². The average molecular weight is 171 g/mol. The number of likely N-dealkylation sites (N-methyl/N-ethyl adjacent to an activating group) is 1. The zero-order valence-corrected chi connectivity index (χ0v) is 8.04. The fourth-order valence-electron chi connectivity index (χ4n) is 1.99. The molecule has 1 aromatic rings. The lowest BCUT2D eigenvalue weighted by Gasteiger charge is -2.11. The summed E-state index contributed by atoms with van der Waals surface area (Å²) in [6.07, 6.45) is 5.36. The number of fused-ring (bicyclic) bond motifs is 1. The number of hydrogen-bond donors (Lipinski definition) is 0. The third-order valence-electron chi connectivity index (χ3n) is 2.69. The van der Waals surface area contributed by atoms with Gasteiger partial charge in [0.05, 0.1) is 0 Å². The molecule has 0 N–H and O–H groups in total. The second kappa shape index (κ2) is 2.81. The van der Waals surface area contributed by atoms with Crippen LogP contribution >= 0.6 is 0 Å². The van der Waals surface area contributed by atoms with E-state index in [2.05, 4.69) is 36.9 Å². The Balaban J connectivity index is 2.53. The molecule has 0 fully saturated rings. The van der Waals surface area contributed by atoms with Gasteiger partial charge in [0.1, 0.15) is 0 Å². The van der Waals surface area contributed by atoms with E-state index in [0.29, 0.717) is 5.92 Å². The van der Waals surface area contributed by atoms with Crippen molar-refractivity contribution in [3.63, 3.8) is 0 Å². The summed E-state index contributed by atoms with van der Waals surface area (Å²) in [6, 6.07) is 6.27. The summed E-state index contributed by atoms with van der Waals surface area (Å²) >= 11 is 0. The largest absolute Gasteiger partial charge is 0.374 e. The molecular weight excluding hydrogens is 158 g/mol.